The van der Waals surface area contributed by atoms with Crippen LogP contribution >= 0.6 is 15.6 Å². The van der Waals surface area contributed by atoms with E-state index >= 15 is 0 Å². The van der Waals surface area contributed by atoms with Gasteiger partial charge in [-0.25, -0.2) is 9.13 Å². The fourth-order valence-electron chi connectivity index (χ4n) is 8.89. The zero-order valence-electron chi connectivity index (χ0n) is 51.5. The maximum atomic E-state index is 12.9. The van der Waals surface area contributed by atoms with Gasteiger partial charge in [-0.05, 0) is 43.4 Å². The maximum absolute atomic E-state index is 12.9. The Morgan fingerprint density at radius 3 is 0.950 bits per heavy atom. The van der Waals surface area contributed by atoms with E-state index in [1.165, 1.54) is 89.9 Å². The van der Waals surface area contributed by atoms with Crippen LogP contribution in [0.25, 0.3) is 0 Å². The summed E-state index contributed by atoms with van der Waals surface area (Å²) in [5.41, 5.74) is 0. The van der Waals surface area contributed by atoms with Gasteiger partial charge in [-0.3, -0.25) is 37.3 Å². The monoisotopic (exact) mass is 1180 g/mol. The van der Waals surface area contributed by atoms with Crippen molar-refractivity contribution in [2.24, 2.45) is 17.8 Å². The second kappa shape index (κ2) is 52.6. The highest BCUT2D eigenvalue weighted by molar-refractivity contribution is 7.47. The highest BCUT2D eigenvalue weighted by atomic mass is 31.2. The summed E-state index contributed by atoms with van der Waals surface area (Å²) in [7, 11) is -9.88. The summed E-state index contributed by atoms with van der Waals surface area (Å²) in [5.74, 6) is -0.0139. The van der Waals surface area contributed by atoms with Crippen LogP contribution < -0.4 is 0 Å². The molecule has 0 aliphatic heterocycles. The van der Waals surface area contributed by atoms with E-state index in [0.29, 0.717) is 31.6 Å². The first-order valence-corrected chi connectivity index (χ1v) is 34.9. The molecule has 19 heteroatoms. The van der Waals surface area contributed by atoms with E-state index in [1.54, 1.807) is 0 Å². The van der Waals surface area contributed by atoms with E-state index in [0.717, 1.165) is 115 Å². The van der Waals surface area contributed by atoms with Crippen molar-refractivity contribution in [3.05, 3.63) is 0 Å². The standard InChI is InChI=1S/C61H118O17P2/c1-8-11-12-13-14-15-16-17-18-30-37-44-60(65)77-56(48-72-59(64)43-36-29-23-20-26-33-40-53(6)9-2)50-75-79(67,68)73-46-55(62)47-74-80(69,70)76-51-57(49-71-58(63)42-35-28-22-19-25-32-39-52(4)5)78-61(66)45-38-31-24-21-27-34-41-54(7)10-3/h52-57,62H,8-51H2,1-7H3,(H,67,68)(H,69,70)/t53?,54?,55-,56-,57-/m1/s1. The summed E-state index contributed by atoms with van der Waals surface area (Å²) in [4.78, 5) is 72.0. The minimum Gasteiger partial charge on any atom is -0.462 e. The molecule has 474 valence electrons. The van der Waals surface area contributed by atoms with Gasteiger partial charge in [0.25, 0.3) is 0 Å². The number of ether oxygens (including phenoxy) is 4. The number of carbonyl (C=O) groups is 4. The first kappa shape index (κ1) is 78.1. The van der Waals surface area contributed by atoms with Gasteiger partial charge in [-0.1, -0.05) is 241 Å². The number of aliphatic hydroxyl groups is 1. The van der Waals surface area contributed by atoms with E-state index in [1.807, 2.05) is 0 Å². The molecule has 0 spiro atoms. The number of rotatable bonds is 59. The number of phosphoric ester groups is 2. The van der Waals surface area contributed by atoms with E-state index in [2.05, 4.69) is 48.5 Å². The van der Waals surface area contributed by atoms with Gasteiger partial charge in [-0.15, -0.1) is 0 Å². The number of aliphatic hydroxyl groups excluding tert-OH is 1. The number of hydrogen-bond acceptors (Lipinski definition) is 15. The van der Waals surface area contributed by atoms with Crippen LogP contribution in [0.15, 0.2) is 0 Å². The van der Waals surface area contributed by atoms with Crippen molar-refractivity contribution in [2.75, 3.05) is 39.6 Å². The first-order chi connectivity index (χ1) is 38.3. The Labute approximate surface area is 486 Å². The van der Waals surface area contributed by atoms with E-state index in [4.69, 9.17) is 37.0 Å². The molecule has 0 amide bonds. The van der Waals surface area contributed by atoms with Gasteiger partial charge < -0.3 is 33.8 Å². The number of unbranched alkanes of at least 4 members (excludes halogenated alkanes) is 25. The number of hydrogen-bond donors (Lipinski definition) is 3. The van der Waals surface area contributed by atoms with Crippen LogP contribution in [0.3, 0.4) is 0 Å². The van der Waals surface area contributed by atoms with Gasteiger partial charge in [0, 0.05) is 25.7 Å². The molecule has 0 heterocycles. The molecular formula is C61H118O17P2. The van der Waals surface area contributed by atoms with Crippen molar-refractivity contribution in [3.8, 4) is 0 Å². The third-order valence-corrected chi connectivity index (χ3v) is 16.5. The minimum atomic E-state index is -4.94. The normalized spacial score (nSPS) is 15.1. The predicted molar refractivity (Wildman–Crippen MR) is 317 cm³/mol. The second-order valence-corrected chi connectivity index (χ2v) is 26.0. The van der Waals surface area contributed by atoms with Gasteiger partial charge in [0.1, 0.15) is 19.3 Å². The van der Waals surface area contributed by atoms with Crippen LogP contribution in [-0.4, -0.2) is 96.7 Å². The Kier molecular flexibility index (Phi) is 51.3. The summed E-state index contributed by atoms with van der Waals surface area (Å²) >= 11 is 0. The molecule has 0 aromatic heterocycles. The van der Waals surface area contributed by atoms with Crippen molar-refractivity contribution in [2.45, 2.75) is 311 Å². The lowest BCUT2D eigenvalue weighted by atomic mass is 10.00. The molecule has 0 radical (unpaired) electrons. The van der Waals surface area contributed by atoms with Crippen LogP contribution in [0.1, 0.15) is 292 Å². The van der Waals surface area contributed by atoms with E-state index in [9.17, 15) is 43.2 Å². The van der Waals surface area contributed by atoms with Gasteiger partial charge in [-0.2, -0.15) is 0 Å². The van der Waals surface area contributed by atoms with Crippen molar-refractivity contribution in [1.29, 1.82) is 0 Å². The van der Waals surface area contributed by atoms with Crippen LogP contribution in [0, 0.1) is 17.8 Å². The molecule has 0 fully saturated rings. The van der Waals surface area contributed by atoms with E-state index < -0.39 is 97.5 Å². The first-order valence-electron chi connectivity index (χ1n) is 31.9. The average molecular weight is 1190 g/mol. The molecule has 0 saturated heterocycles. The quantitative estimate of drug-likeness (QED) is 0.0222. The van der Waals surface area contributed by atoms with Gasteiger partial charge >= 0.3 is 39.5 Å². The molecule has 80 heavy (non-hydrogen) atoms. The fraction of sp³-hybridized carbons (Fsp3) is 0.934. The summed E-state index contributed by atoms with van der Waals surface area (Å²) in [5, 5.41) is 10.5. The molecule has 0 aliphatic rings. The second-order valence-electron chi connectivity index (χ2n) is 23.0. The number of carbonyl (C=O) groups excluding carboxylic acids is 4. The summed E-state index contributed by atoms with van der Waals surface area (Å²) < 4.78 is 67.8. The summed E-state index contributed by atoms with van der Waals surface area (Å²) in [6.45, 7) is 11.6. The number of phosphoric acid groups is 2. The van der Waals surface area contributed by atoms with Crippen LogP contribution in [0.5, 0.6) is 0 Å². The molecule has 7 atom stereocenters. The summed E-state index contributed by atoms with van der Waals surface area (Å²) in [6, 6.07) is 0. The summed E-state index contributed by atoms with van der Waals surface area (Å²) in [6.07, 6.45) is 32.3. The molecule has 4 unspecified atom stereocenters. The predicted octanol–water partition coefficient (Wildman–Crippen LogP) is 16.3. The molecule has 17 nitrogen and oxygen atoms in total. The zero-order chi connectivity index (χ0) is 59.5. The smallest absolute Gasteiger partial charge is 0.462 e. The molecule has 3 N–H and O–H groups in total. The highest BCUT2D eigenvalue weighted by Crippen LogP contribution is 2.45. The molecule has 0 bridgehead atoms. The molecular weight excluding hydrogens is 1070 g/mol. The fourth-order valence-corrected chi connectivity index (χ4v) is 10.5. The van der Waals surface area contributed by atoms with Crippen LogP contribution in [-0.2, 0) is 65.4 Å². The average Bonchev–Trinajstić information content (AvgIpc) is 3.42. The lowest BCUT2D eigenvalue weighted by molar-refractivity contribution is -0.161. The molecule has 0 rings (SSSR count). The molecule has 0 aliphatic carbocycles. The zero-order valence-corrected chi connectivity index (χ0v) is 53.3. The largest absolute Gasteiger partial charge is 0.472 e. The van der Waals surface area contributed by atoms with Gasteiger partial charge in [0.2, 0.25) is 0 Å². The van der Waals surface area contributed by atoms with Crippen molar-refractivity contribution in [3.63, 3.8) is 0 Å². The lowest BCUT2D eigenvalue weighted by Crippen LogP contribution is -2.30. The Morgan fingerprint density at radius 2 is 0.637 bits per heavy atom. The molecule has 0 aromatic rings. The van der Waals surface area contributed by atoms with Crippen molar-refractivity contribution >= 4 is 39.5 Å². The van der Waals surface area contributed by atoms with Crippen LogP contribution in [0.4, 0.5) is 0 Å². The minimum absolute atomic E-state index is 0.101. The topological polar surface area (TPSA) is 237 Å². The Hall–Kier alpha value is -1.94. The molecule has 0 saturated carbocycles. The SMILES string of the molecule is CCCCCCCCCCCCCC(=O)O[C@H](COC(=O)CCCCCCCCC(C)CC)COP(=O)(O)OC[C@@H](O)COP(=O)(O)OC[C@@H](COC(=O)CCCCCCCCC(C)C)OC(=O)CCCCCCCCC(C)CC. The Balaban J connectivity index is 5.26. The Morgan fingerprint density at radius 1 is 0.362 bits per heavy atom. The molecule has 0 aromatic carbocycles. The van der Waals surface area contributed by atoms with Crippen molar-refractivity contribution in [1.82, 2.24) is 0 Å². The van der Waals surface area contributed by atoms with E-state index in [-0.39, 0.29) is 25.7 Å². The maximum Gasteiger partial charge on any atom is 0.472 e. The lowest BCUT2D eigenvalue weighted by Gasteiger charge is -2.21. The van der Waals surface area contributed by atoms with Crippen LogP contribution in [0.2, 0.25) is 0 Å². The van der Waals surface area contributed by atoms with Gasteiger partial charge in [0.15, 0.2) is 12.2 Å². The number of esters is 4. The van der Waals surface area contributed by atoms with Gasteiger partial charge in [0.05, 0.1) is 26.4 Å². The third-order valence-electron chi connectivity index (χ3n) is 14.6. The Bertz CT molecular complexity index is 1600. The highest BCUT2D eigenvalue weighted by Gasteiger charge is 2.30. The third kappa shape index (κ3) is 52.8. The van der Waals surface area contributed by atoms with Crippen molar-refractivity contribution < 1.29 is 80.2 Å².